The molecular weight excluding hydrogens is 239 g/mol. The summed E-state index contributed by atoms with van der Waals surface area (Å²) >= 11 is 6.00. The molecule has 1 aliphatic rings. The highest BCUT2D eigenvalue weighted by Crippen LogP contribution is 2.23. The number of ether oxygens (including phenoxy) is 1. The van der Waals surface area contributed by atoms with E-state index < -0.39 is 0 Å². The molecule has 2 atom stereocenters. The van der Waals surface area contributed by atoms with Crippen molar-refractivity contribution in [3.63, 3.8) is 0 Å². The number of alkyl halides is 1. The van der Waals surface area contributed by atoms with E-state index in [0.717, 1.165) is 37.9 Å². The summed E-state index contributed by atoms with van der Waals surface area (Å²) in [5.41, 5.74) is 1.15. The van der Waals surface area contributed by atoms with Gasteiger partial charge in [-0.3, -0.25) is 0 Å². The van der Waals surface area contributed by atoms with E-state index in [-0.39, 0.29) is 5.82 Å². The van der Waals surface area contributed by atoms with E-state index in [1.807, 2.05) is 12.1 Å². The standard InChI is InChI=1S/C14H18ClFO/c15-10-12(9-14-2-1-7-17-14)8-11-3-5-13(16)6-4-11/h3-6,12,14H,1-2,7-10H2. The molecular formula is C14H18ClFO. The number of hydrogen-bond acceptors (Lipinski definition) is 1. The van der Waals surface area contributed by atoms with Crippen LogP contribution < -0.4 is 0 Å². The molecule has 1 aromatic carbocycles. The highest BCUT2D eigenvalue weighted by atomic mass is 35.5. The highest BCUT2D eigenvalue weighted by molar-refractivity contribution is 6.18. The Balaban J connectivity index is 1.87. The Morgan fingerprint density at radius 2 is 2.12 bits per heavy atom. The molecule has 2 rings (SSSR count). The first-order chi connectivity index (χ1) is 8.28. The second-order valence-electron chi connectivity index (χ2n) is 4.72. The summed E-state index contributed by atoms with van der Waals surface area (Å²) in [5.74, 6) is 0.873. The first-order valence-electron chi connectivity index (χ1n) is 6.20. The first kappa shape index (κ1) is 12.8. The molecule has 1 aromatic rings. The molecule has 2 unspecified atom stereocenters. The van der Waals surface area contributed by atoms with Crippen LogP contribution in [0.2, 0.25) is 0 Å². The fraction of sp³-hybridized carbons (Fsp3) is 0.571. The molecule has 0 spiro atoms. The summed E-state index contributed by atoms with van der Waals surface area (Å²) in [6.07, 6.45) is 4.61. The van der Waals surface area contributed by atoms with Gasteiger partial charge in [0.2, 0.25) is 0 Å². The minimum Gasteiger partial charge on any atom is -0.378 e. The SMILES string of the molecule is Fc1ccc(CC(CCl)CC2CCCO2)cc1. The molecule has 0 aliphatic carbocycles. The maximum atomic E-state index is 12.8. The van der Waals surface area contributed by atoms with Crippen molar-refractivity contribution in [1.29, 1.82) is 0 Å². The average Bonchev–Trinajstić information content (AvgIpc) is 2.84. The zero-order chi connectivity index (χ0) is 12.1. The van der Waals surface area contributed by atoms with Gasteiger partial charge < -0.3 is 4.74 Å². The van der Waals surface area contributed by atoms with Crippen LogP contribution in [-0.4, -0.2) is 18.6 Å². The predicted octanol–water partition coefficient (Wildman–Crippen LogP) is 3.79. The molecule has 0 aromatic heterocycles. The summed E-state index contributed by atoms with van der Waals surface area (Å²) in [6, 6.07) is 6.69. The molecule has 1 fully saturated rings. The molecule has 1 aliphatic heterocycles. The largest absolute Gasteiger partial charge is 0.378 e. The minimum absolute atomic E-state index is 0.185. The molecule has 0 amide bonds. The molecule has 1 heterocycles. The quantitative estimate of drug-likeness (QED) is 0.729. The van der Waals surface area contributed by atoms with Crippen molar-refractivity contribution in [1.82, 2.24) is 0 Å². The van der Waals surface area contributed by atoms with Gasteiger partial charge >= 0.3 is 0 Å². The van der Waals surface area contributed by atoms with Gasteiger partial charge in [0.15, 0.2) is 0 Å². The average molecular weight is 257 g/mol. The minimum atomic E-state index is -0.185. The van der Waals surface area contributed by atoms with Gasteiger partial charge in [-0.2, -0.15) is 0 Å². The van der Waals surface area contributed by atoms with Gasteiger partial charge in [0.1, 0.15) is 5.82 Å². The van der Waals surface area contributed by atoms with E-state index in [2.05, 4.69) is 0 Å². The van der Waals surface area contributed by atoms with E-state index in [4.69, 9.17) is 16.3 Å². The zero-order valence-corrected chi connectivity index (χ0v) is 10.6. The third-order valence-corrected chi connectivity index (χ3v) is 3.71. The fourth-order valence-corrected chi connectivity index (χ4v) is 2.59. The van der Waals surface area contributed by atoms with E-state index in [0.29, 0.717) is 17.9 Å². The summed E-state index contributed by atoms with van der Waals surface area (Å²) < 4.78 is 18.4. The molecule has 1 nitrogen and oxygen atoms in total. The molecule has 0 N–H and O–H groups in total. The van der Waals surface area contributed by atoms with Gasteiger partial charge in [-0.05, 0) is 49.3 Å². The van der Waals surface area contributed by atoms with Crippen LogP contribution >= 0.6 is 11.6 Å². The zero-order valence-electron chi connectivity index (χ0n) is 9.87. The lowest BCUT2D eigenvalue weighted by Gasteiger charge is -2.18. The summed E-state index contributed by atoms with van der Waals surface area (Å²) in [4.78, 5) is 0. The van der Waals surface area contributed by atoms with Crippen molar-refractivity contribution in [2.75, 3.05) is 12.5 Å². The highest BCUT2D eigenvalue weighted by Gasteiger charge is 2.20. The van der Waals surface area contributed by atoms with Gasteiger partial charge in [0.25, 0.3) is 0 Å². The van der Waals surface area contributed by atoms with Crippen molar-refractivity contribution in [2.24, 2.45) is 5.92 Å². The Morgan fingerprint density at radius 1 is 1.35 bits per heavy atom. The second kappa shape index (κ2) is 6.36. The van der Waals surface area contributed by atoms with Crippen LogP contribution in [0.5, 0.6) is 0 Å². The van der Waals surface area contributed by atoms with E-state index in [1.54, 1.807) is 0 Å². The van der Waals surface area contributed by atoms with Gasteiger partial charge in [0.05, 0.1) is 6.10 Å². The Hall–Kier alpha value is -0.600. The van der Waals surface area contributed by atoms with Crippen molar-refractivity contribution in [3.8, 4) is 0 Å². The summed E-state index contributed by atoms with van der Waals surface area (Å²) in [5, 5.41) is 0. The Kier molecular flexibility index (Phi) is 4.81. The van der Waals surface area contributed by atoms with Gasteiger partial charge in [-0.25, -0.2) is 4.39 Å². The third kappa shape index (κ3) is 3.97. The number of halogens is 2. The van der Waals surface area contributed by atoms with Gasteiger partial charge in [-0.15, -0.1) is 11.6 Å². The van der Waals surface area contributed by atoms with Gasteiger partial charge in [0, 0.05) is 12.5 Å². The van der Waals surface area contributed by atoms with Crippen LogP contribution in [0, 0.1) is 11.7 Å². The number of benzene rings is 1. The number of rotatable bonds is 5. The van der Waals surface area contributed by atoms with Crippen LogP contribution in [0.15, 0.2) is 24.3 Å². The van der Waals surface area contributed by atoms with Crippen molar-refractivity contribution < 1.29 is 9.13 Å². The van der Waals surface area contributed by atoms with Crippen LogP contribution in [0.1, 0.15) is 24.8 Å². The molecule has 0 saturated carbocycles. The molecule has 0 radical (unpaired) electrons. The van der Waals surface area contributed by atoms with Gasteiger partial charge in [-0.1, -0.05) is 12.1 Å². The topological polar surface area (TPSA) is 9.23 Å². The monoisotopic (exact) mass is 256 g/mol. The molecule has 3 heteroatoms. The summed E-state index contributed by atoms with van der Waals surface area (Å²) in [6.45, 7) is 0.885. The first-order valence-corrected chi connectivity index (χ1v) is 6.73. The lowest BCUT2D eigenvalue weighted by Crippen LogP contribution is -2.16. The van der Waals surface area contributed by atoms with E-state index >= 15 is 0 Å². The van der Waals surface area contributed by atoms with Crippen LogP contribution in [0.3, 0.4) is 0 Å². The molecule has 1 saturated heterocycles. The Labute approximate surface area is 107 Å². The Bertz CT molecular complexity index is 333. The van der Waals surface area contributed by atoms with E-state index in [9.17, 15) is 4.39 Å². The lowest BCUT2D eigenvalue weighted by atomic mass is 9.94. The predicted molar refractivity (Wildman–Crippen MR) is 67.9 cm³/mol. The lowest BCUT2D eigenvalue weighted by molar-refractivity contribution is 0.0922. The third-order valence-electron chi connectivity index (χ3n) is 3.28. The van der Waals surface area contributed by atoms with E-state index in [1.165, 1.54) is 12.1 Å². The van der Waals surface area contributed by atoms with Crippen molar-refractivity contribution in [2.45, 2.75) is 31.8 Å². The molecule has 17 heavy (non-hydrogen) atoms. The second-order valence-corrected chi connectivity index (χ2v) is 5.03. The molecule has 94 valence electrons. The number of hydrogen-bond donors (Lipinski definition) is 0. The maximum absolute atomic E-state index is 12.8. The van der Waals surface area contributed by atoms with Crippen LogP contribution in [-0.2, 0) is 11.2 Å². The van der Waals surface area contributed by atoms with Crippen LogP contribution in [0.4, 0.5) is 4.39 Å². The van der Waals surface area contributed by atoms with Crippen molar-refractivity contribution >= 4 is 11.6 Å². The smallest absolute Gasteiger partial charge is 0.123 e. The molecule has 0 bridgehead atoms. The summed E-state index contributed by atoms with van der Waals surface area (Å²) in [7, 11) is 0. The fourth-order valence-electron chi connectivity index (χ4n) is 2.36. The van der Waals surface area contributed by atoms with Crippen LogP contribution in [0.25, 0.3) is 0 Å². The Morgan fingerprint density at radius 3 is 2.71 bits per heavy atom. The van der Waals surface area contributed by atoms with Crippen molar-refractivity contribution in [3.05, 3.63) is 35.6 Å². The maximum Gasteiger partial charge on any atom is 0.123 e. The normalized spacial score (nSPS) is 21.6.